The topological polar surface area (TPSA) is 50.4 Å². The van der Waals surface area contributed by atoms with Crippen LogP contribution in [0, 0.1) is 11.7 Å². The average molecular weight is 357 g/mol. The molecule has 0 bridgehead atoms. The SMILES string of the molecule is Cl.O=C(CCC1CCNC1)NC(c1ccc(F)cc1)C1CCCO1. The van der Waals surface area contributed by atoms with Gasteiger partial charge in [0.1, 0.15) is 5.82 Å². The van der Waals surface area contributed by atoms with E-state index < -0.39 is 0 Å². The Bertz CT molecular complexity index is 514. The molecule has 0 radical (unpaired) electrons. The van der Waals surface area contributed by atoms with E-state index in [-0.39, 0.29) is 36.3 Å². The van der Waals surface area contributed by atoms with Crippen molar-refractivity contribution >= 4 is 18.3 Å². The Labute approximate surface area is 148 Å². The molecule has 4 nitrogen and oxygen atoms in total. The third-order valence-electron chi connectivity index (χ3n) is 4.82. The van der Waals surface area contributed by atoms with Gasteiger partial charge in [-0.1, -0.05) is 12.1 Å². The molecule has 0 spiro atoms. The molecule has 3 unspecified atom stereocenters. The number of amides is 1. The van der Waals surface area contributed by atoms with Crippen LogP contribution in [0.5, 0.6) is 0 Å². The van der Waals surface area contributed by atoms with Crippen LogP contribution in [0.1, 0.15) is 43.7 Å². The predicted octanol–water partition coefficient (Wildman–Crippen LogP) is 2.97. The maximum Gasteiger partial charge on any atom is 0.220 e. The number of hydrogen-bond donors (Lipinski definition) is 2. The Hall–Kier alpha value is -1.17. The summed E-state index contributed by atoms with van der Waals surface area (Å²) in [6.45, 7) is 2.80. The summed E-state index contributed by atoms with van der Waals surface area (Å²) in [6.07, 6.45) is 4.52. The highest BCUT2D eigenvalue weighted by Crippen LogP contribution is 2.27. The van der Waals surface area contributed by atoms with Gasteiger partial charge in [-0.15, -0.1) is 12.4 Å². The minimum atomic E-state index is -0.264. The van der Waals surface area contributed by atoms with Crippen molar-refractivity contribution in [3.8, 4) is 0 Å². The van der Waals surface area contributed by atoms with Crippen LogP contribution in [0.2, 0.25) is 0 Å². The van der Waals surface area contributed by atoms with Crippen LogP contribution in [0.3, 0.4) is 0 Å². The summed E-state index contributed by atoms with van der Waals surface area (Å²) < 4.78 is 18.9. The highest BCUT2D eigenvalue weighted by atomic mass is 35.5. The molecule has 2 heterocycles. The van der Waals surface area contributed by atoms with E-state index >= 15 is 0 Å². The second-order valence-electron chi connectivity index (χ2n) is 6.55. The smallest absolute Gasteiger partial charge is 0.220 e. The van der Waals surface area contributed by atoms with Gasteiger partial charge in [0.15, 0.2) is 0 Å². The van der Waals surface area contributed by atoms with Crippen molar-refractivity contribution in [2.45, 2.75) is 44.2 Å². The molecule has 24 heavy (non-hydrogen) atoms. The van der Waals surface area contributed by atoms with Crippen molar-refractivity contribution in [3.63, 3.8) is 0 Å². The number of benzene rings is 1. The molecule has 2 aliphatic rings. The van der Waals surface area contributed by atoms with Gasteiger partial charge in [-0.3, -0.25) is 4.79 Å². The molecule has 2 N–H and O–H groups in total. The molecule has 2 saturated heterocycles. The van der Waals surface area contributed by atoms with E-state index in [2.05, 4.69) is 10.6 Å². The number of rotatable bonds is 6. The highest BCUT2D eigenvalue weighted by molar-refractivity contribution is 5.85. The normalized spacial score (nSPS) is 24.4. The van der Waals surface area contributed by atoms with Crippen LogP contribution in [0.4, 0.5) is 4.39 Å². The zero-order valence-corrected chi connectivity index (χ0v) is 14.6. The van der Waals surface area contributed by atoms with Gasteiger partial charge in [-0.2, -0.15) is 0 Å². The average Bonchev–Trinajstić information content (AvgIpc) is 3.25. The number of hydrogen-bond acceptors (Lipinski definition) is 3. The third-order valence-corrected chi connectivity index (χ3v) is 4.82. The summed E-state index contributed by atoms with van der Waals surface area (Å²) >= 11 is 0. The largest absolute Gasteiger partial charge is 0.376 e. The minimum Gasteiger partial charge on any atom is -0.376 e. The van der Waals surface area contributed by atoms with Crippen LogP contribution in [0.15, 0.2) is 24.3 Å². The molecule has 6 heteroatoms. The van der Waals surface area contributed by atoms with E-state index in [1.807, 2.05) is 0 Å². The van der Waals surface area contributed by atoms with E-state index in [1.165, 1.54) is 12.1 Å². The monoisotopic (exact) mass is 356 g/mol. The van der Waals surface area contributed by atoms with Crippen LogP contribution in [-0.2, 0) is 9.53 Å². The summed E-state index contributed by atoms with van der Waals surface area (Å²) in [7, 11) is 0. The number of halogens is 2. The Morgan fingerprint density at radius 1 is 1.33 bits per heavy atom. The lowest BCUT2D eigenvalue weighted by molar-refractivity contribution is -0.123. The fourth-order valence-electron chi connectivity index (χ4n) is 3.47. The molecule has 1 aromatic rings. The molecular weight excluding hydrogens is 331 g/mol. The van der Waals surface area contributed by atoms with E-state index in [0.29, 0.717) is 12.3 Å². The van der Waals surface area contributed by atoms with E-state index in [9.17, 15) is 9.18 Å². The fraction of sp³-hybridized carbons (Fsp3) is 0.611. The minimum absolute atomic E-state index is 0. The van der Waals surface area contributed by atoms with E-state index in [0.717, 1.165) is 50.9 Å². The van der Waals surface area contributed by atoms with Gasteiger partial charge in [0, 0.05) is 13.0 Å². The second-order valence-corrected chi connectivity index (χ2v) is 6.55. The summed E-state index contributed by atoms with van der Waals surface area (Å²) in [4.78, 5) is 12.3. The van der Waals surface area contributed by atoms with Gasteiger partial charge >= 0.3 is 0 Å². The quantitative estimate of drug-likeness (QED) is 0.824. The number of ether oxygens (including phenoxy) is 1. The van der Waals surface area contributed by atoms with Gasteiger partial charge in [-0.05, 0) is 62.4 Å². The van der Waals surface area contributed by atoms with Crippen LogP contribution in [-0.4, -0.2) is 31.7 Å². The lowest BCUT2D eigenvalue weighted by atomic mass is 9.98. The standard InChI is InChI=1S/C18H25FN2O2.ClH/c19-15-6-4-14(5-7-15)18(16-2-1-11-23-16)21-17(22)8-3-13-9-10-20-12-13;/h4-7,13,16,18,20H,1-3,8-12H2,(H,21,22);1H. The zero-order chi connectivity index (χ0) is 16.1. The van der Waals surface area contributed by atoms with Crippen molar-refractivity contribution in [1.29, 1.82) is 0 Å². The second kappa shape index (κ2) is 9.35. The fourth-order valence-corrected chi connectivity index (χ4v) is 3.47. The highest BCUT2D eigenvalue weighted by Gasteiger charge is 2.29. The summed E-state index contributed by atoms with van der Waals surface area (Å²) in [5, 5.41) is 6.44. The lowest BCUT2D eigenvalue weighted by Crippen LogP contribution is -2.36. The van der Waals surface area contributed by atoms with Crippen LogP contribution in [0.25, 0.3) is 0 Å². The number of nitrogens with one attached hydrogen (secondary N) is 2. The molecule has 3 atom stereocenters. The molecule has 1 amide bonds. The Kier molecular flexibility index (Phi) is 7.46. The third kappa shape index (κ3) is 5.16. The van der Waals surface area contributed by atoms with Gasteiger partial charge in [-0.25, -0.2) is 4.39 Å². The first-order valence-electron chi connectivity index (χ1n) is 8.59. The predicted molar refractivity (Wildman–Crippen MR) is 93.7 cm³/mol. The lowest BCUT2D eigenvalue weighted by Gasteiger charge is -2.25. The van der Waals surface area contributed by atoms with Gasteiger partial charge < -0.3 is 15.4 Å². The number of carbonyl (C=O) groups is 1. The van der Waals surface area contributed by atoms with E-state index in [1.54, 1.807) is 12.1 Å². The molecule has 0 aliphatic carbocycles. The first kappa shape index (κ1) is 19.2. The van der Waals surface area contributed by atoms with Crippen molar-refractivity contribution in [2.75, 3.05) is 19.7 Å². The van der Waals surface area contributed by atoms with Crippen LogP contribution >= 0.6 is 12.4 Å². The Balaban J connectivity index is 0.00000208. The molecule has 2 fully saturated rings. The molecule has 3 rings (SSSR count). The van der Waals surface area contributed by atoms with Gasteiger partial charge in [0.2, 0.25) is 5.91 Å². The van der Waals surface area contributed by atoms with Crippen molar-refractivity contribution in [1.82, 2.24) is 10.6 Å². The Morgan fingerprint density at radius 2 is 2.12 bits per heavy atom. The summed E-state index contributed by atoms with van der Waals surface area (Å²) in [5.41, 5.74) is 0.911. The maximum absolute atomic E-state index is 13.2. The molecule has 0 aromatic heterocycles. The maximum atomic E-state index is 13.2. The van der Waals surface area contributed by atoms with Gasteiger partial charge in [0.05, 0.1) is 12.1 Å². The van der Waals surface area contributed by atoms with Crippen molar-refractivity contribution in [2.24, 2.45) is 5.92 Å². The summed E-state index contributed by atoms with van der Waals surface area (Å²) in [6, 6.07) is 6.17. The molecule has 1 aromatic carbocycles. The Morgan fingerprint density at radius 3 is 2.75 bits per heavy atom. The van der Waals surface area contributed by atoms with Crippen molar-refractivity contribution < 1.29 is 13.9 Å². The van der Waals surface area contributed by atoms with Gasteiger partial charge in [0.25, 0.3) is 0 Å². The number of carbonyl (C=O) groups excluding carboxylic acids is 1. The van der Waals surface area contributed by atoms with Crippen LogP contribution < -0.4 is 10.6 Å². The molecule has 134 valence electrons. The molecular formula is C18H26ClFN2O2. The first-order chi connectivity index (χ1) is 11.2. The molecule has 0 saturated carbocycles. The molecule has 2 aliphatic heterocycles. The first-order valence-corrected chi connectivity index (χ1v) is 8.59. The van der Waals surface area contributed by atoms with E-state index in [4.69, 9.17) is 4.74 Å². The zero-order valence-electron chi connectivity index (χ0n) is 13.8. The summed E-state index contributed by atoms with van der Waals surface area (Å²) in [5.74, 6) is 0.398. The van der Waals surface area contributed by atoms with Crippen molar-refractivity contribution in [3.05, 3.63) is 35.6 Å².